The number of anilines is 3. The molecular formula is C21H29N7S. The maximum atomic E-state index is 5.48. The minimum Gasteiger partial charge on any atom is -0.358 e. The summed E-state index contributed by atoms with van der Waals surface area (Å²) >= 11 is 5.48. The molecule has 2 N–H and O–H groups in total. The van der Waals surface area contributed by atoms with E-state index in [9.17, 15) is 0 Å². The number of nitrogens with one attached hydrogen (secondary N) is 2. The topological polar surface area (TPSA) is 69.2 Å². The van der Waals surface area contributed by atoms with Crippen LogP contribution in [0.2, 0.25) is 0 Å². The van der Waals surface area contributed by atoms with Crippen LogP contribution >= 0.6 is 12.2 Å². The van der Waals surface area contributed by atoms with Gasteiger partial charge in [-0.25, -0.2) is 0 Å². The van der Waals surface area contributed by atoms with Crippen LogP contribution in [0.3, 0.4) is 0 Å². The normalized spacial score (nSPS) is 17.4. The van der Waals surface area contributed by atoms with Crippen molar-refractivity contribution in [2.75, 3.05) is 41.3 Å². The van der Waals surface area contributed by atoms with Crippen LogP contribution in [-0.2, 0) is 6.54 Å². The van der Waals surface area contributed by atoms with E-state index in [0.717, 1.165) is 49.3 Å². The maximum Gasteiger partial charge on any atom is 0.232 e. The first-order valence-corrected chi connectivity index (χ1v) is 10.9. The van der Waals surface area contributed by atoms with Crippen LogP contribution in [0.1, 0.15) is 38.2 Å². The predicted octanol–water partition coefficient (Wildman–Crippen LogP) is 3.19. The number of hydrogen-bond acceptors (Lipinski definition) is 6. The van der Waals surface area contributed by atoms with E-state index >= 15 is 0 Å². The zero-order chi connectivity index (χ0) is 20.1. The second-order valence-corrected chi connectivity index (χ2v) is 8.35. The van der Waals surface area contributed by atoms with Gasteiger partial charge in [-0.1, -0.05) is 13.0 Å². The molecule has 2 aliphatic rings. The van der Waals surface area contributed by atoms with E-state index in [-0.39, 0.29) is 0 Å². The molecule has 2 saturated heterocycles. The van der Waals surface area contributed by atoms with Crippen molar-refractivity contribution in [2.24, 2.45) is 5.92 Å². The minimum absolute atomic E-state index is 0.519. The highest BCUT2D eigenvalue weighted by molar-refractivity contribution is 7.80. The van der Waals surface area contributed by atoms with Crippen molar-refractivity contribution < 1.29 is 0 Å². The van der Waals surface area contributed by atoms with Crippen LogP contribution in [0.5, 0.6) is 0 Å². The zero-order valence-electron chi connectivity index (χ0n) is 17.0. The Hall–Kier alpha value is -2.48. The van der Waals surface area contributed by atoms with Gasteiger partial charge in [0.05, 0.1) is 0 Å². The summed E-state index contributed by atoms with van der Waals surface area (Å²) in [4.78, 5) is 18.4. The Balaban J connectivity index is 1.47. The summed E-state index contributed by atoms with van der Waals surface area (Å²) in [6.45, 7) is 7.13. The van der Waals surface area contributed by atoms with Crippen LogP contribution in [0, 0.1) is 5.92 Å². The largest absolute Gasteiger partial charge is 0.358 e. The third-order valence-electron chi connectivity index (χ3n) is 5.64. The number of nitrogens with zero attached hydrogens (tertiary/aromatic N) is 5. The van der Waals surface area contributed by atoms with Crippen LogP contribution < -0.4 is 20.4 Å². The molecule has 29 heavy (non-hydrogen) atoms. The van der Waals surface area contributed by atoms with Crippen molar-refractivity contribution in [3.8, 4) is 0 Å². The van der Waals surface area contributed by atoms with Gasteiger partial charge in [0.1, 0.15) is 11.6 Å². The van der Waals surface area contributed by atoms with E-state index in [2.05, 4.69) is 38.4 Å². The molecular weight excluding hydrogens is 382 g/mol. The summed E-state index contributed by atoms with van der Waals surface area (Å²) in [5.41, 5.74) is 1.08. The van der Waals surface area contributed by atoms with Crippen molar-refractivity contribution in [1.29, 1.82) is 0 Å². The van der Waals surface area contributed by atoms with Gasteiger partial charge in [0.2, 0.25) is 5.95 Å². The summed E-state index contributed by atoms with van der Waals surface area (Å²) in [7, 11) is 0. The van der Waals surface area contributed by atoms with Crippen molar-refractivity contribution >= 4 is 34.9 Å². The monoisotopic (exact) mass is 411 g/mol. The minimum atomic E-state index is 0.519. The van der Waals surface area contributed by atoms with Gasteiger partial charge in [-0.15, -0.1) is 0 Å². The fourth-order valence-electron chi connectivity index (χ4n) is 3.82. The Morgan fingerprint density at radius 2 is 1.79 bits per heavy atom. The summed E-state index contributed by atoms with van der Waals surface area (Å²) < 4.78 is 0. The second-order valence-electron chi connectivity index (χ2n) is 7.94. The van der Waals surface area contributed by atoms with E-state index in [4.69, 9.17) is 22.2 Å². The molecule has 0 spiro atoms. The molecule has 0 bridgehead atoms. The van der Waals surface area contributed by atoms with Gasteiger partial charge < -0.3 is 20.4 Å². The van der Waals surface area contributed by atoms with Crippen molar-refractivity contribution in [1.82, 2.24) is 20.3 Å². The smallest absolute Gasteiger partial charge is 0.232 e. The average Bonchev–Trinajstić information content (AvgIpc) is 3.28. The first-order valence-electron chi connectivity index (χ1n) is 10.5. The lowest BCUT2D eigenvalue weighted by atomic mass is 9.99. The fraction of sp³-hybridized carbons (Fsp3) is 0.524. The third-order valence-corrected chi connectivity index (χ3v) is 5.88. The lowest BCUT2D eigenvalue weighted by Gasteiger charge is -2.32. The molecule has 2 aromatic heterocycles. The molecule has 2 aliphatic heterocycles. The molecule has 2 fully saturated rings. The SMILES string of the molecule is CC1CCN(c2cc(N3CCCC3)nc(NC(=S)NCc3cccnc3)n2)CC1. The van der Waals surface area contributed by atoms with Gasteiger partial charge in [-0.2, -0.15) is 9.97 Å². The molecule has 7 nitrogen and oxygen atoms in total. The number of pyridine rings is 1. The molecule has 2 aromatic rings. The quantitative estimate of drug-likeness (QED) is 0.727. The summed E-state index contributed by atoms with van der Waals surface area (Å²) in [5, 5.41) is 6.92. The number of rotatable bonds is 5. The van der Waals surface area contributed by atoms with E-state index in [1.165, 1.54) is 25.7 Å². The Morgan fingerprint density at radius 1 is 1.10 bits per heavy atom. The molecule has 0 aliphatic carbocycles. The second kappa shape index (κ2) is 9.35. The van der Waals surface area contributed by atoms with E-state index in [0.29, 0.717) is 17.6 Å². The van der Waals surface area contributed by atoms with Crippen molar-refractivity contribution in [3.05, 3.63) is 36.2 Å². The summed E-state index contributed by atoms with van der Waals surface area (Å²) in [6, 6.07) is 6.07. The highest BCUT2D eigenvalue weighted by Gasteiger charge is 2.21. The molecule has 8 heteroatoms. The van der Waals surface area contributed by atoms with E-state index < -0.39 is 0 Å². The van der Waals surface area contributed by atoms with Crippen molar-refractivity contribution in [2.45, 2.75) is 39.2 Å². The average molecular weight is 412 g/mol. The van der Waals surface area contributed by atoms with Gasteiger partial charge in [0.15, 0.2) is 5.11 Å². The Kier molecular flexibility index (Phi) is 6.39. The van der Waals surface area contributed by atoms with Crippen LogP contribution in [-0.4, -0.2) is 46.2 Å². The number of piperidine rings is 1. The van der Waals surface area contributed by atoms with Gasteiger partial charge in [0.25, 0.3) is 0 Å². The van der Waals surface area contributed by atoms with E-state index in [1.807, 2.05) is 18.3 Å². The fourth-order valence-corrected chi connectivity index (χ4v) is 3.98. The maximum absolute atomic E-state index is 5.48. The Morgan fingerprint density at radius 3 is 2.45 bits per heavy atom. The Bertz CT molecular complexity index is 815. The number of aromatic nitrogens is 3. The Labute approximate surface area is 177 Å². The molecule has 0 amide bonds. The predicted molar refractivity (Wildman–Crippen MR) is 121 cm³/mol. The van der Waals surface area contributed by atoms with Gasteiger partial charge in [0, 0.05) is 51.2 Å². The van der Waals surface area contributed by atoms with Crippen LogP contribution in [0.4, 0.5) is 17.6 Å². The molecule has 0 saturated carbocycles. The molecule has 0 aromatic carbocycles. The number of thiocarbonyl (C=S) groups is 1. The molecule has 0 radical (unpaired) electrons. The first kappa shape index (κ1) is 19.8. The number of hydrogen-bond donors (Lipinski definition) is 2. The molecule has 0 unspecified atom stereocenters. The standard InChI is InChI=1S/C21H29N7S/c1-16-6-11-28(12-7-16)19-13-18(27-9-2-3-10-27)24-20(25-19)26-21(29)23-15-17-5-4-8-22-14-17/h4-5,8,13-14,16H,2-3,6-7,9-12,15H2,1H3,(H2,23,24,25,26,29). The van der Waals surface area contributed by atoms with Crippen molar-refractivity contribution in [3.63, 3.8) is 0 Å². The summed E-state index contributed by atoms with van der Waals surface area (Å²) in [6.07, 6.45) is 8.44. The van der Waals surface area contributed by atoms with Crippen LogP contribution in [0.15, 0.2) is 30.6 Å². The highest BCUT2D eigenvalue weighted by Crippen LogP contribution is 2.27. The van der Waals surface area contributed by atoms with E-state index in [1.54, 1.807) is 6.20 Å². The van der Waals surface area contributed by atoms with Gasteiger partial charge in [-0.3, -0.25) is 4.98 Å². The zero-order valence-corrected chi connectivity index (χ0v) is 17.8. The third kappa shape index (κ3) is 5.32. The van der Waals surface area contributed by atoms with Gasteiger partial charge >= 0.3 is 0 Å². The summed E-state index contributed by atoms with van der Waals surface area (Å²) in [5.74, 6) is 3.33. The molecule has 0 atom stereocenters. The molecule has 4 rings (SSSR count). The lowest BCUT2D eigenvalue weighted by Crippen LogP contribution is -2.34. The highest BCUT2D eigenvalue weighted by atomic mass is 32.1. The molecule has 4 heterocycles. The molecule has 154 valence electrons. The van der Waals surface area contributed by atoms with Gasteiger partial charge in [-0.05, 0) is 55.4 Å². The van der Waals surface area contributed by atoms with Crippen LogP contribution in [0.25, 0.3) is 0 Å². The first-order chi connectivity index (χ1) is 14.2. The lowest BCUT2D eigenvalue weighted by molar-refractivity contribution is 0.436.